The van der Waals surface area contributed by atoms with Gasteiger partial charge in [0.25, 0.3) is 5.91 Å². The van der Waals surface area contributed by atoms with Gasteiger partial charge >= 0.3 is 0 Å². The topological polar surface area (TPSA) is 124 Å². The number of nitrogens with two attached hydrogens (primary N) is 2. The molecular formula is C12H12N4O3. The number of phenolic OH excluding ortho intramolecular Hbond substituents is 1. The number of carbonyl (C=O) groups is 1. The van der Waals surface area contributed by atoms with Crippen LogP contribution in [-0.4, -0.2) is 28.1 Å². The van der Waals surface area contributed by atoms with Gasteiger partial charge in [-0.25, -0.2) is 9.97 Å². The van der Waals surface area contributed by atoms with Crippen LogP contribution in [0.5, 0.6) is 11.5 Å². The second kappa shape index (κ2) is 4.81. The molecule has 0 bridgehead atoms. The smallest absolute Gasteiger partial charge is 0.271 e. The lowest BCUT2D eigenvalue weighted by atomic mass is 10.1. The van der Waals surface area contributed by atoms with Crippen molar-refractivity contribution in [2.45, 2.75) is 0 Å². The Kier molecular flexibility index (Phi) is 3.19. The van der Waals surface area contributed by atoms with Crippen molar-refractivity contribution < 1.29 is 14.6 Å². The first-order chi connectivity index (χ1) is 9.02. The molecule has 0 aliphatic carbocycles. The summed E-state index contributed by atoms with van der Waals surface area (Å²) in [6, 6.07) is 4.64. The molecule has 1 amide bonds. The second-order valence-electron chi connectivity index (χ2n) is 3.74. The lowest BCUT2D eigenvalue weighted by Crippen LogP contribution is -2.17. The molecule has 98 valence electrons. The third kappa shape index (κ3) is 2.39. The molecule has 19 heavy (non-hydrogen) atoms. The van der Waals surface area contributed by atoms with Crippen molar-refractivity contribution in [1.82, 2.24) is 9.97 Å². The number of hydrogen-bond donors (Lipinski definition) is 3. The van der Waals surface area contributed by atoms with E-state index in [1.807, 2.05) is 0 Å². The Morgan fingerprint density at radius 2 is 2.16 bits per heavy atom. The summed E-state index contributed by atoms with van der Waals surface area (Å²) in [6.45, 7) is 0. The average Bonchev–Trinajstić information content (AvgIpc) is 2.39. The molecule has 0 aliphatic heterocycles. The molecule has 0 atom stereocenters. The van der Waals surface area contributed by atoms with Gasteiger partial charge in [0, 0.05) is 5.56 Å². The van der Waals surface area contributed by atoms with E-state index in [9.17, 15) is 9.90 Å². The number of amides is 1. The molecule has 1 heterocycles. The van der Waals surface area contributed by atoms with Crippen LogP contribution in [0.4, 0.5) is 5.82 Å². The molecule has 0 saturated carbocycles. The highest BCUT2D eigenvalue weighted by Crippen LogP contribution is 2.30. The van der Waals surface area contributed by atoms with Gasteiger partial charge in [-0.05, 0) is 18.2 Å². The highest BCUT2D eigenvalue weighted by atomic mass is 16.5. The second-order valence-corrected chi connectivity index (χ2v) is 3.74. The predicted molar refractivity (Wildman–Crippen MR) is 68.6 cm³/mol. The maximum atomic E-state index is 11.2. The van der Waals surface area contributed by atoms with Crippen LogP contribution < -0.4 is 16.2 Å². The lowest BCUT2D eigenvalue weighted by Gasteiger charge is -2.07. The number of ether oxygens (including phenoxy) is 1. The largest absolute Gasteiger partial charge is 0.504 e. The quantitative estimate of drug-likeness (QED) is 0.739. The molecule has 7 nitrogen and oxygen atoms in total. The van der Waals surface area contributed by atoms with Crippen LogP contribution in [0.3, 0.4) is 0 Å². The molecule has 0 unspecified atom stereocenters. The number of carbonyl (C=O) groups excluding carboxylic acids is 1. The zero-order valence-corrected chi connectivity index (χ0v) is 10.1. The van der Waals surface area contributed by atoms with E-state index in [0.717, 1.165) is 0 Å². The predicted octanol–water partition coefficient (Wildman–Crippen LogP) is 0.539. The summed E-state index contributed by atoms with van der Waals surface area (Å²) in [4.78, 5) is 19.1. The standard InChI is InChI=1S/C12H12N4O3/c1-19-9-4-6(2-3-8(9)17)7-5-15-11(13)10(16-7)12(14)18/h2-5,17H,1H3,(H2,13,15)(H2,14,18). The van der Waals surface area contributed by atoms with Crippen LogP contribution in [-0.2, 0) is 0 Å². The van der Waals surface area contributed by atoms with Crippen LogP contribution in [0.15, 0.2) is 24.4 Å². The highest BCUT2D eigenvalue weighted by molar-refractivity contribution is 5.95. The van der Waals surface area contributed by atoms with Crippen LogP contribution in [0.1, 0.15) is 10.5 Å². The molecule has 7 heteroatoms. The Morgan fingerprint density at radius 3 is 2.79 bits per heavy atom. The van der Waals surface area contributed by atoms with E-state index < -0.39 is 5.91 Å². The number of primary amides is 1. The minimum Gasteiger partial charge on any atom is -0.504 e. The number of phenols is 1. The third-order valence-electron chi connectivity index (χ3n) is 2.51. The minimum absolute atomic E-state index is 0.00442. The SMILES string of the molecule is COc1cc(-c2cnc(N)c(C(N)=O)n2)ccc1O. The Morgan fingerprint density at radius 1 is 1.42 bits per heavy atom. The van der Waals surface area contributed by atoms with Gasteiger partial charge in [-0.1, -0.05) is 0 Å². The zero-order valence-electron chi connectivity index (χ0n) is 10.1. The summed E-state index contributed by atoms with van der Waals surface area (Å²) < 4.78 is 4.99. The van der Waals surface area contributed by atoms with Crippen molar-refractivity contribution in [3.63, 3.8) is 0 Å². The molecule has 2 aromatic rings. The first kappa shape index (κ1) is 12.6. The van der Waals surface area contributed by atoms with E-state index in [1.54, 1.807) is 12.1 Å². The van der Waals surface area contributed by atoms with Gasteiger partial charge in [0.2, 0.25) is 0 Å². The summed E-state index contributed by atoms with van der Waals surface area (Å²) >= 11 is 0. The van der Waals surface area contributed by atoms with Gasteiger partial charge in [0.05, 0.1) is 19.0 Å². The summed E-state index contributed by atoms with van der Waals surface area (Å²) in [5.41, 5.74) is 11.6. The van der Waals surface area contributed by atoms with Crippen molar-refractivity contribution in [2.75, 3.05) is 12.8 Å². The zero-order chi connectivity index (χ0) is 14.0. The van der Waals surface area contributed by atoms with Crippen LogP contribution in [0.2, 0.25) is 0 Å². The Hall–Kier alpha value is -2.83. The summed E-state index contributed by atoms with van der Waals surface area (Å²) in [6.07, 6.45) is 1.41. The van der Waals surface area contributed by atoms with E-state index in [1.165, 1.54) is 19.4 Å². The monoisotopic (exact) mass is 260 g/mol. The Bertz CT molecular complexity index is 643. The van der Waals surface area contributed by atoms with E-state index in [0.29, 0.717) is 11.3 Å². The van der Waals surface area contributed by atoms with Gasteiger partial charge in [-0.3, -0.25) is 4.79 Å². The number of rotatable bonds is 3. The molecule has 0 fully saturated rings. The Balaban J connectivity index is 2.53. The van der Waals surface area contributed by atoms with Crippen molar-refractivity contribution in [1.29, 1.82) is 0 Å². The van der Waals surface area contributed by atoms with Crippen molar-refractivity contribution in [3.8, 4) is 22.8 Å². The normalized spacial score (nSPS) is 10.2. The molecular weight excluding hydrogens is 248 g/mol. The molecule has 0 spiro atoms. The van der Waals surface area contributed by atoms with E-state index in [4.69, 9.17) is 16.2 Å². The Labute approximate surface area is 108 Å². The fraction of sp³-hybridized carbons (Fsp3) is 0.0833. The first-order valence-corrected chi connectivity index (χ1v) is 5.32. The fourth-order valence-electron chi connectivity index (χ4n) is 1.56. The highest BCUT2D eigenvalue weighted by Gasteiger charge is 2.12. The number of methoxy groups -OCH3 is 1. The number of aromatic nitrogens is 2. The maximum Gasteiger partial charge on any atom is 0.271 e. The molecule has 0 saturated heterocycles. The minimum atomic E-state index is -0.752. The molecule has 0 radical (unpaired) electrons. The average molecular weight is 260 g/mol. The van der Waals surface area contributed by atoms with Crippen LogP contribution in [0, 0.1) is 0 Å². The number of hydrogen-bond acceptors (Lipinski definition) is 6. The van der Waals surface area contributed by atoms with E-state index in [2.05, 4.69) is 9.97 Å². The number of anilines is 1. The van der Waals surface area contributed by atoms with Gasteiger partial charge < -0.3 is 21.3 Å². The summed E-state index contributed by atoms with van der Waals surface area (Å²) in [5, 5.41) is 9.51. The van der Waals surface area contributed by atoms with Gasteiger partial charge in [0.15, 0.2) is 23.0 Å². The van der Waals surface area contributed by atoms with Crippen LogP contribution >= 0.6 is 0 Å². The van der Waals surface area contributed by atoms with Crippen molar-refractivity contribution in [3.05, 3.63) is 30.1 Å². The number of nitrogen functional groups attached to an aromatic ring is 1. The lowest BCUT2D eigenvalue weighted by molar-refractivity contribution is 0.0996. The number of benzene rings is 1. The van der Waals surface area contributed by atoms with Gasteiger partial charge in [0.1, 0.15) is 0 Å². The third-order valence-corrected chi connectivity index (χ3v) is 2.51. The molecule has 0 aliphatic rings. The molecule has 5 N–H and O–H groups in total. The molecule has 1 aromatic carbocycles. The van der Waals surface area contributed by atoms with E-state index in [-0.39, 0.29) is 23.0 Å². The molecule has 1 aromatic heterocycles. The maximum absolute atomic E-state index is 11.2. The van der Waals surface area contributed by atoms with Gasteiger partial charge in [-0.2, -0.15) is 0 Å². The first-order valence-electron chi connectivity index (χ1n) is 5.32. The van der Waals surface area contributed by atoms with E-state index >= 15 is 0 Å². The summed E-state index contributed by atoms with van der Waals surface area (Å²) in [5.74, 6) is -0.485. The molecule has 2 rings (SSSR count). The number of nitrogens with zero attached hydrogens (tertiary/aromatic N) is 2. The van der Waals surface area contributed by atoms with Crippen molar-refractivity contribution >= 4 is 11.7 Å². The van der Waals surface area contributed by atoms with Crippen LogP contribution in [0.25, 0.3) is 11.3 Å². The number of aromatic hydroxyl groups is 1. The summed E-state index contributed by atoms with van der Waals surface area (Å²) in [7, 11) is 1.43. The fourth-order valence-corrected chi connectivity index (χ4v) is 1.56. The van der Waals surface area contributed by atoms with Gasteiger partial charge in [-0.15, -0.1) is 0 Å². The van der Waals surface area contributed by atoms with Crippen molar-refractivity contribution in [2.24, 2.45) is 5.73 Å².